The summed E-state index contributed by atoms with van der Waals surface area (Å²) in [7, 11) is -3.66. The number of fused-ring (bicyclic) bond motifs is 1. The molecule has 11 heteroatoms. The predicted molar refractivity (Wildman–Crippen MR) is 124 cm³/mol. The minimum atomic E-state index is -3.66. The highest BCUT2D eigenvalue weighted by Crippen LogP contribution is 2.31. The molecule has 1 atom stereocenters. The number of halogens is 2. The summed E-state index contributed by atoms with van der Waals surface area (Å²) in [6.07, 6.45) is 1.93. The van der Waals surface area contributed by atoms with Crippen LogP contribution in [0.25, 0.3) is 11.0 Å². The fraction of sp³-hybridized carbons (Fsp3) is 0.435. The second kappa shape index (κ2) is 9.90. The van der Waals surface area contributed by atoms with Crippen molar-refractivity contribution in [2.24, 2.45) is 0 Å². The highest BCUT2D eigenvalue weighted by Gasteiger charge is 2.28. The standard InChI is InChI=1S/C23H25F2N3O4S2/c24-19-5-1-3-16(22(19)25)15-33-23-26-20-13-18(34(29,30)27-8-11-31-12-9-27)6-7-21(20)28(23)14-17-4-2-10-32-17/h1,3,5-7,13,17H,2,4,8-12,14-15H2/t17-/m1/s1. The summed E-state index contributed by atoms with van der Waals surface area (Å²) in [5.74, 6) is -1.56. The summed E-state index contributed by atoms with van der Waals surface area (Å²) in [4.78, 5) is 4.86. The van der Waals surface area contributed by atoms with Crippen molar-refractivity contribution in [2.75, 3.05) is 32.9 Å². The second-order valence-corrected chi connectivity index (χ2v) is 11.2. The average Bonchev–Trinajstić information content (AvgIpc) is 3.48. The van der Waals surface area contributed by atoms with Crippen LogP contribution in [-0.4, -0.2) is 61.3 Å². The molecule has 2 aliphatic rings. The zero-order valence-corrected chi connectivity index (χ0v) is 20.1. The van der Waals surface area contributed by atoms with Gasteiger partial charge < -0.3 is 14.0 Å². The van der Waals surface area contributed by atoms with E-state index in [1.807, 2.05) is 4.57 Å². The number of hydrogen-bond donors (Lipinski definition) is 0. The van der Waals surface area contributed by atoms with Gasteiger partial charge in [0.2, 0.25) is 10.0 Å². The molecule has 2 aliphatic heterocycles. The van der Waals surface area contributed by atoms with Crippen molar-refractivity contribution in [1.82, 2.24) is 13.9 Å². The van der Waals surface area contributed by atoms with Crippen LogP contribution in [0.1, 0.15) is 18.4 Å². The lowest BCUT2D eigenvalue weighted by molar-refractivity contribution is 0.0730. The number of morpholine rings is 1. The average molecular weight is 510 g/mol. The zero-order chi connectivity index (χ0) is 23.7. The van der Waals surface area contributed by atoms with Crippen LogP contribution in [0, 0.1) is 11.6 Å². The molecule has 0 aliphatic carbocycles. The molecule has 5 rings (SSSR count). The normalized spacial score (nSPS) is 19.8. The first-order valence-electron chi connectivity index (χ1n) is 11.2. The quantitative estimate of drug-likeness (QED) is 0.451. The molecule has 0 spiro atoms. The Morgan fingerprint density at radius 1 is 1.12 bits per heavy atom. The van der Waals surface area contributed by atoms with Crippen LogP contribution in [0.4, 0.5) is 8.78 Å². The van der Waals surface area contributed by atoms with Crippen molar-refractivity contribution < 1.29 is 26.7 Å². The van der Waals surface area contributed by atoms with Crippen LogP contribution in [0.5, 0.6) is 0 Å². The lowest BCUT2D eigenvalue weighted by Gasteiger charge is -2.26. The Labute approximate surface area is 201 Å². The van der Waals surface area contributed by atoms with Crippen molar-refractivity contribution in [3.05, 3.63) is 53.6 Å². The van der Waals surface area contributed by atoms with Crippen LogP contribution in [0.3, 0.4) is 0 Å². The smallest absolute Gasteiger partial charge is 0.243 e. The molecule has 0 unspecified atom stereocenters. The Hall–Kier alpha value is -2.05. The minimum absolute atomic E-state index is 0.0272. The van der Waals surface area contributed by atoms with Gasteiger partial charge in [-0.15, -0.1) is 0 Å². The van der Waals surface area contributed by atoms with E-state index >= 15 is 0 Å². The van der Waals surface area contributed by atoms with Gasteiger partial charge >= 0.3 is 0 Å². The lowest BCUT2D eigenvalue weighted by Crippen LogP contribution is -2.40. The van der Waals surface area contributed by atoms with Crippen LogP contribution < -0.4 is 0 Å². The molecular weight excluding hydrogens is 484 g/mol. The van der Waals surface area contributed by atoms with Gasteiger partial charge in [-0.25, -0.2) is 22.2 Å². The molecule has 0 amide bonds. The van der Waals surface area contributed by atoms with Crippen LogP contribution >= 0.6 is 11.8 Å². The molecule has 3 aromatic rings. The highest BCUT2D eigenvalue weighted by atomic mass is 32.2. The number of sulfonamides is 1. The molecule has 7 nitrogen and oxygen atoms in total. The van der Waals surface area contributed by atoms with E-state index in [1.54, 1.807) is 24.3 Å². The van der Waals surface area contributed by atoms with Gasteiger partial charge in [-0.3, -0.25) is 0 Å². The monoisotopic (exact) mass is 509 g/mol. The number of hydrogen-bond acceptors (Lipinski definition) is 6. The number of benzene rings is 2. The Bertz CT molecular complexity index is 1290. The lowest BCUT2D eigenvalue weighted by atomic mass is 10.2. The van der Waals surface area contributed by atoms with Crippen molar-refractivity contribution in [1.29, 1.82) is 0 Å². The van der Waals surface area contributed by atoms with Crippen molar-refractivity contribution in [3.8, 4) is 0 Å². The van der Waals surface area contributed by atoms with E-state index in [0.29, 0.717) is 50.1 Å². The molecule has 182 valence electrons. The summed E-state index contributed by atoms with van der Waals surface area (Å²) in [6, 6.07) is 9.06. The van der Waals surface area contributed by atoms with Crippen LogP contribution in [0.15, 0.2) is 46.5 Å². The molecule has 0 saturated carbocycles. The Kier molecular flexibility index (Phi) is 6.90. The van der Waals surface area contributed by atoms with Gasteiger partial charge in [-0.05, 0) is 37.1 Å². The summed E-state index contributed by atoms with van der Waals surface area (Å²) in [6.45, 7) is 2.63. The van der Waals surface area contributed by atoms with Gasteiger partial charge in [-0.1, -0.05) is 23.9 Å². The SMILES string of the molecule is O=S(=O)(c1ccc2c(c1)nc(SCc1cccc(F)c1F)n2C[C@H]1CCCO1)N1CCOCC1. The third-order valence-electron chi connectivity index (χ3n) is 6.09. The van der Waals surface area contributed by atoms with Crippen molar-refractivity contribution in [3.63, 3.8) is 0 Å². The molecule has 2 fully saturated rings. The third-order valence-corrected chi connectivity index (χ3v) is 9.01. The Morgan fingerprint density at radius 3 is 2.71 bits per heavy atom. The summed E-state index contributed by atoms with van der Waals surface area (Å²) in [5.41, 5.74) is 1.56. The number of imidazole rings is 1. The van der Waals surface area contributed by atoms with E-state index in [1.165, 1.54) is 22.1 Å². The van der Waals surface area contributed by atoms with Crippen molar-refractivity contribution >= 4 is 32.8 Å². The first-order valence-corrected chi connectivity index (χ1v) is 13.6. The van der Waals surface area contributed by atoms with Gasteiger partial charge in [-0.2, -0.15) is 4.31 Å². The molecular formula is C23H25F2N3O4S2. The minimum Gasteiger partial charge on any atom is -0.379 e. The summed E-state index contributed by atoms with van der Waals surface area (Å²) in [5, 5.41) is 0.607. The van der Waals surface area contributed by atoms with Gasteiger partial charge in [0.05, 0.1) is 41.8 Å². The second-order valence-electron chi connectivity index (χ2n) is 8.31. The fourth-order valence-electron chi connectivity index (χ4n) is 4.26. The predicted octanol–water partition coefficient (Wildman–Crippen LogP) is 3.81. The number of ether oxygens (including phenoxy) is 2. The van der Waals surface area contributed by atoms with E-state index < -0.39 is 21.7 Å². The van der Waals surface area contributed by atoms with E-state index in [4.69, 9.17) is 9.47 Å². The van der Waals surface area contributed by atoms with Gasteiger partial charge in [0.15, 0.2) is 16.8 Å². The van der Waals surface area contributed by atoms with Gasteiger partial charge in [0.25, 0.3) is 0 Å². The number of thioether (sulfide) groups is 1. The molecule has 0 N–H and O–H groups in total. The first kappa shape index (κ1) is 23.7. The van der Waals surface area contributed by atoms with Crippen LogP contribution in [0.2, 0.25) is 0 Å². The van der Waals surface area contributed by atoms with Crippen molar-refractivity contribution in [2.45, 2.75) is 41.3 Å². The molecule has 3 heterocycles. The molecule has 34 heavy (non-hydrogen) atoms. The molecule has 1 aromatic heterocycles. The fourth-order valence-corrected chi connectivity index (χ4v) is 6.69. The number of nitrogens with zero attached hydrogens (tertiary/aromatic N) is 3. The third kappa shape index (κ3) is 4.72. The summed E-state index contributed by atoms with van der Waals surface area (Å²) >= 11 is 1.29. The Balaban J connectivity index is 1.48. The zero-order valence-electron chi connectivity index (χ0n) is 18.5. The van der Waals surface area contributed by atoms with Gasteiger partial charge in [0, 0.05) is 31.0 Å². The van der Waals surface area contributed by atoms with E-state index in [9.17, 15) is 17.2 Å². The van der Waals surface area contributed by atoms with E-state index in [2.05, 4.69) is 4.98 Å². The van der Waals surface area contributed by atoms with E-state index in [0.717, 1.165) is 24.4 Å². The largest absolute Gasteiger partial charge is 0.379 e. The highest BCUT2D eigenvalue weighted by molar-refractivity contribution is 7.98. The topological polar surface area (TPSA) is 73.7 Å². The maximum absolute atomic E-state index is 14.2. The maximum Gasteiger partial charge on any atom is 0.243 e. The summed E-state index contributed by atoms with van der Waals surface area (Å²) < 4.78 is 68.5. The number of rotatable bonds is 7. The first-order chi connectivity index (χ1) is 16.4. The molecule has 0 radical (unpaired) electrons. The van der Waals surface area contributed by atoms with Crippen LogP contribution in [-0.2, 0) is 31.8 Å². The van der Waals surface area contributed by atoms with Gasteiger partial charge in [0.1, 0.15) is 0 Å². The Morgan fingerprint density at radius 2 is 1.94 bits per heavy atom. The molecule has 0 bridgehead atoms. The maximum atomic E-state index is 14.2. The van der Waals surface area contributed by atoms with E-state index in [-0.39, 0.29) is 22.3 Å². The molecule has 2 aromatic carbocycles. The molecule has 2 saturated heterocycles. The number of aromatic nitrogens is 2.